The van der Waals surface area contributed by atoms with Crippen LogP contribution in [0, 0.1) is 13.8 Å². The number of nitrogens with one attached hydrogen (secondary N) is 2. The van der Waals surface area contributed by atoms with Gasteiger partial charge in [-0.1, -0.05) is 23.8 Å². The van der Waals surface area contributed by atoms with Crippen LogP contribution in [0.4, 0.5) is 11.4 Å². The van der Waals surface area contributed by atoms with E-state index in [1.165, 1.54) is 19.2 Å². The highest BCUT2D eigenvalue weighted by Crippen LogP contribution is 2.31. The molecule has 0 radical (unpaired) electrons. The molecule has 0 saturated heterocycles. The van der Waals surface area contributed by atoms with Crippen molar-refractivity contribution < 1.29 is 17.9 Å². The van der Waals surface area contributed by atoms with Gasteiger partial charge in [-0.25, -0.2) is 8.42 Å². The number of benzene rings is 3. The Hall–Kier alpha value is -2.84. The van der Waals surface area contributed by atoms with Gasteiger partial charge in [0.2, 0.25) is 0 Å². The summed E-state index contributed by atoms with van der Waals surface area (Å²) in [6.07, 6.45) is 0. The van der Waals surface area contributed by atoms with Gasteiger partial charge in [-0.3, -0.25) is 9.52 Å². The molecule has 3 rings (SSSR count). The van der Waals surface area contributed by atoms with E-state index in [0.717, 1.165) is 11.1 Å². The molecular formula is C22H21BrN2O4S. The van der Waals surface area contributed by atoms with Gasteiger partial charge in [0.1, 0.15) is 10.6 Å². The molecule has 0 aliphatic heterocycles. The molecule has 2 N–H and O–H groups in total. The van der Waals surface area contributed by atoms with Crippen molar-refractivity contribution in [1.82, 2.24) is 0 Å². The minimum atomic E-state index is -3.98. The fourth-order valence-electron chi connectivity index (χ4n) is 2.87. The third-order valence-electron chi connectivity index (χ3n) is 4.36. The number of hydrogen-bond acceptors (Lipinski definition) is 4. The maximum Gasteiger partial charge on any atom is 0.265 e. The lowest BCUT2D eigenvalue weighted by Gasteiger charge is -2.15. The summed E-state index contributed by atoms with van der Waals surface area (Å²) in [5.74, 6) is -0.165. The van der Waals surface area contributed by atoms with Crippen LogP contribution in [0.15, 0.2) is 70.0 Å². The zero-order valence-electron chi connectivity index (χ0n) is 16.7. The Balaban J connectivity index is 1.94. The van der Waals surface area contributed by atoms with E-state index in [1.807, 2.05) is 26.0 Å². The quantitative estimate of drug-likeness (QED) is 0.503. The van der Waals surface area contributed by atoms with Crippen LogP contribution in [0.2, 0.25) is 0 Å². The Labute approximate surface area is 184 Å². The van der Waals surface area contributed by atoms with E-state index in [1.54, 1.807) is 36.4 Å². The molecule has 6 nitrogen and oxygen atoms in total. The number of aryl methyl sites for hydroxylation is 2. The first-order chi connectivity index (χ1) is 14.2. The smallest absolute Gasteiger partial charge is 0.265 e. The van der Waals surface area contributed by atoms with Gasteiger partial charge in [0.05, 0.1) is 12.8 Å². The highest BCUT2D eigenvalue weighted by Gasteiger charge is 2.22. The number of hydrogen-bond donors (Lipinski definition) is 2. The van der Waals surface area contributed by atoms with Gasteiger partial charge in [-0.2, -0.15) is 0 Å². The highest BCUT2D eigenvalue weighted by atomic mass is 79.9. The fourth-order valence-corrected chi connectivity index (χ4v) is 4.61. The SMILES string of the molecule is COc1ccc(NC(=O)c2cccc(C)c2)cc1S(=O)(=O)Nc1cc(C)ccc1Br. The Kier molecular flexibility index (Phi) is 6.48. The monoisotopic (exact) mass is 488 g/mol. The molecule has 0 fully saturated rings. The van der Waals surface area contributed by atoms with Crippen molar-refractivity contribution in [3.63, 3.8) is 0 Å². The van der Waals surface area contributed by atoms with Crippen LogP contribution in [0.3, 0.4) is 0 Å². The van der Waals surface area contributed by atoms with Crippen molar-refractivity contribution in [2.24, 2.45) is 0 Å². The van der Waals surface area contributed by atoms with Gasteiger partial charge in [-0.05, 0) is 77.8 Å². The van der Waals surface area contributed by atoms with Crippen molar-refractivity contribution in [3.8, 4) is 5.75 Å². The number of methoxy groups -OCH3 is 1. The largest absolute Gasteiger partial charge is 0.495 e. The summed E-state index contributed by atoms with van der Waals surface area (Å²) < 4.78 is 34.6. The number of anilines is 2. The average molecular weight is 489 g/mol. The lowest BCUT2D eigenvalue weighted by Crippen LogP contribution is -2.16. The van der Waals surface area contributed by atoms with E-state index >= 15 is 0 Å². The molecule has 30 heavy (non-hydrogen) atoms. The second-order valence-corrected chi connectivity index (χ2v) is 9.28. The van der Waals surface area contributed by atoms with Gasteiger partial charge < -0.3 is 10.1 Å². The molecule has 0 aromatic heterocycles. The zero-order chi connectivity index (χ0) is 21.9. The van der Waals surface area contributed by atoms with E-state index in [2.05, 4.69) is 26.0 Å². The van der Waals surface area contributed by atoms with Crippen molar-refractivity contribution in [2.45, 2.75) is 18.7 Å². The number of sulfonamides is 1. The molecule has 156 valence electrons. The number of rotatable bonds is 6. The van der Waals surface area contributed by atoms with Crippen LogP contribution in [-0.2, 0) is 10.0 Å². The Morgan fingerprint density at radius 3 is 2.40 bits per heavy atom. The van der Waals surface area contributed by atoms with E-state index in [-0.39, 0.29) is 16.6 Å². The van der Waals surface area contributed by atoms with Crippen LogP contribution in [0.25, 0.3) is 0 Å². The molecule has 0 unspecified atom stereocenters. The van der Waals surface area contributed by atoms with Crippen LogP contribution < -0.4 is 14.8 Å². The molecule has 3 aromatic rings. The number of amides is 1. The van der Waals surface area contributed by atoms with Gasteiger partial charge in [-0.15, -0.1) is 0 Å². The second-order valence-electron chi connectivity index (χ2n) is 6.78. The molecule has 0 heterocycles. The maximum atomic E-state index is 13.1. The minimum absolute atomic E-state index is 0.0829. The van der Waals surface area contributed by atoms with E-state index in [9.17, 15) is 13.2 Å². The molecule has 0 saturated carbocycles. The molecule has 3 aromatic carbocycles. The predicted molar refractivity (Wildman–Crippen MR) is 122 cm³/mol. The molecular weight excluding hydrogens is 468 g/mol. The second kappa shape index (κ2) is 8.89. The average Bonchev–Trinajstić information content (AvgIpc) is 2.70. The summed E-state index contributed by atoms with van der Waals surface area (Å²) >= 11 is 3.35. The van der Waals surface area contributed by atoms with Crippen LogP contribution in [-0.4, -0.2) is 21.4 Å². The summed E-state index contributed by atoms with van der Waals surface area (Å²) in [5, 5.41) is 2.74. The van der Waals surface area contributed by atoms with Crippen LogP contribution >= 0.6 is 15.9 Å². The normalized spacial score (nSPS) is 11.1. The first kappa shape index (κ1) is 21.9. The molecule has 0 aliphatic carbocycles. The maximum absolute atomic E-state index is 13.1. The third kappa shape index (κ3) is 5.01. The van der Waals surface area contributed by atoms with E-state index in [4.69, 9.17) is 4.74 Å². The zero-order valence-corrected chi connectivity index (χ0v) is 19.1. The van der Waals surface area contributed by atoms with Gasteiger partial charge >= 0.3 is 0 Å². The standard InChI is InChI=1S/C22H21BrN2O4S/c1-14-5-4-6-16(11-14)22(26)24-17-8-10-20(29-3)21(13-17)30(27,28)25-19-12-15(2)7-9-18(19)23/h4-13,25H,1-3H3,(H,24,26). The minimum Gasteiger partial charge on any atom is -0.495 e. The molecule has 8 heteroatoms. The van der Waals surface area contributed by atoms with Gasteiger partial charge in [0, 0.05) is 15.7 Å². The molecule has 0 aliphatic rings. The Morgan fingerprint density at radius 2 is 1.70 bits per heavy atom. The number of halogens is 1. The van der Waals surface area contributed by atoms with Crippen molar-refractivity contribution in [2.75, 3.05) is 17.1 Å². The van der Waals surface area contributed by atoms with Crippen LogP contribution in [0.5, 0.6) is 5.75 Å². The van der Waals surface area contributed by atoms with Crippen molar-refractivity contribution >= 4 is 43.2 Å². The third-order valence-corrected chi connectivity index (χ3v) is 6.44. The summed E-state index contributed by atoms with van der Waals surface area (Å²) in [7, 11) is -2.59. The van der Waals surface area contributed by atoms with E-state index in [0.29, 0.717) is 21.4 Å². The Morgan fingerprint density at radius 1 is 0.967 bits per heavy atom. The molecule has 1 amide bonds. The van der Waals surface area contributed by atoms with Gasteiger partial charge in [0.15, 0.2) is 0 Å². The molecule has 0 spiro atoms. The summed E-state index contributed by atoms with van der Waals surface area (Å²) in [5.41, 5.74) is 3.09. The molecule has 0 bridgehead atoms. The lowest BCUT2D eigenvalue weighted by molar-refractivity contribution is 0.102. The first-order valence-corrected chi connectivity index (χ1v) is 11.3. The highest BCUT2D eigenvalue weighted by molar-refractivity contribution is 9.10. The summed E-state index contributed by atoms with van der Waals surface area (Å²) in [6, 6.07) is 17.0. The van der Waals surface area contributed by atoms with Crippen molar-refractivity contribution in [1.29, 1.82) is 0 Å². The molecule has 0 atom stereocenters. The number of carbonyl (C=O) groups is 1. The van der Waals surface area contributed by atoms with Crippen LogP contribution in [0.1, 0.15) is 21.5 Å². The predicted octanol–water partition coefficient (Wildman–Crippen LogP) is 5.13. The topological polar surface area (TPSA) is 84.5 Å². The lowest BCUT2D eigenvalue weighted by atomic mass is 10.1. The summed E-state index contributed by atoms with van der Waals surface area (Å²) in [4.78, 5) is 12.5. The fraction of sp³-hybridized carbons (Fsp3) is 0.136. The first-order valence-electron chi connectivity index (χ1n) is 9.04. The van der Waals surface area contributed by atoms with Crippen molar-refractivity contribution in [3.05, 3.63) is 81.8 Å². The number of carbonyl (C=O) groups excluding carboxylic acids is 1. The summed E-state index contributed by atoms with van der Waals surface area (Å²) in [6.45, 7) is 3.76. The Bertz CT molecular complexity index is 1210. The van der Waals surface area contributed by atoms with E-state index < -0.39 is 10.0 Å². The number of ether oxygens (including phenoxy) is 1. The van der Waals surface area contributed by atoms with Gasteiger partial charge in [0.25, 0.3) is 15.9 Å².